The first kappa shape index (κ1) is 23.4. The standard InChI is InChI=1S/C28H36N4O4/c33-28(21-9-12-32(18-21)23-4-8-27(29-17-23)36-24-5-6-24)30-22(19-31-10-1-2-11-31)15-20-3-7-25-26(16-20)35-14-13-34-25/h3-4,7-8,16-17,21-22,24H,1-2,5-6,9-15,18-19H2,(H,30,33). The van der Waals surface area contributed by atoms with Crippen LogP contribution in [0.1, 0.15) is 37.7 Å². The summed E-state index contributed by atoms with van der Waals surface area (Å²) in [6.45, 7) is 5.85. The van der Waals surface area contributed by atoms with Crippen molar-refractivity contribution in [3.05, 3.63) is 42.1 Å². The minimum absolute atomic E-state index is 0.0197. The van der Waals surface area contributed by atoms with Gasteiger partial charge in [0.2, 0.25) is 11.8 Å². The molecular formula is C28H36N4O4. The number of pyridine rings is 1. The van der Waals surface area contributed by atoms with E-state index in [1.54, 1.807) is 0 Å². The van der Waals surface area contributed by atoms with Gasteiger partial charge in [-0.2, -0.15) is 0 Å². The zero-order valence-electron chi connectivity index (χ0n) is 20.9. The SMILES string of the molecule is O=C(NC(Cc1ccc2c(c1)OCCO2)CN1CCCC1)C1CCN(c2ccc(OC3CC3)nc2)C1. The number of anilines is 1. The van der Waals surface area contributed by atoms with Gasteiger partial charge in [0.25, 0.3) is 0 Å². The molecule has 2 unspecified atom stereocenters. The van der Waals surface area contributed by atoms with E-state index in [1.165, 1.54) is 12.8 Å². The second-order valence-electron chi connectivity index (χ2n) is 10.5. The predicted octanol–water partition coefficient (Wildman–Crippen LogP) is 3.04. The Morgan fingerprint density at radius 1 is 1.06 bits per heavy atom. The molecule has 192 valence electrons. The Labute approximate surface area is 212 Å². The first-order valence-electron chi connectivity index (χ1n) is 13.5. The summed E-state index contributed by atoms with van der Waals surface area (Å²) in [4.78, 5) is 22.6. The summed E-state index contributed by atoms with van der Waals surface area (Å²) in [6, 6.07) is 10.2. The number of hydrogen-bond donors (Lipinski definition) is 1. The second-order valence-corrected chi connectivity index (χ2v) is 10.5. The third-order valence-corrected chi connectivity index (χ3v) is 7.57. The van der Waals surface area contributed by atoms with Crippen LogP contribution in [0.2, 0.25) is 0 Å². The number of fused-ring (bicyclic) bond motifs is 1. The molecule has 0 radical (unpaired) electrons. The van der Waals surface area contributed by atoms with Crippen molar-refractivity contribution in [2.45, 2.75) is 50.7 Å². The highest BCUT2D eigenvalue weighted by atomic mass is 16.6. The topological polar surface area (TPSA) is 76.2 Å². The number of hydrogen-bond acceptors (Lipinski definition) is 7. The van der Waals surface area contributed by atoms with Gasteiger partial charge in [-0.05, 0) is 75.4 Å². The Morgan fingerprint density at radius 3 is 2.67 bits per heavy atom. The molecule has 1 aromatic heterocycles. The number of carbonyl (C=O) groups is 1. The number of aromatic nitrogens is 1. The van der Waals surface area contributed by atoms with E-state index in [0.29, 0.717) is 25.2 Å². The minimum Gasteiger partial charge on any atom is -0.486 e. The van der Waals surface area contributed by atoms with E-state index in [4.69, 9.17) is 14.2 Å². The molecule has 2 atom stereocenters. The predicted molar refractivity (Wildman–Crippen MR) is 137 cm³/mol. The van der Waals surface area contributed by atoms with Crippen molar-refractivity contribution < 1.29 is 19.0 Å². The zero-order valence-corrected chi connectivity index (χ0v) is 20.9. The fraction of sp³-hybridized carbons (Fsp3) is 0.571. The fourth-order valence-electron chi connectivity index (χ4n) is 5.45. The maximum absolute atomic E-state index is 13.4. The highest BCUT2D eigenvalue weighted by Crippen LogP contribution is 2.32. The van der Waals surface area contributed by atoms with Gasteiger partial charge in [-0.15, -0.1) is 0 Å². The van der Waals surface area contributed by atoms with Crippen molar-refractivity contribution in [1.29, 1.82) is 0 Å². The lowest BCUT2D eigenvalue weighted by Crippen LogP contribution is -2.46. The lowest BCUT2D eigenvalue weighted by Gasteiger charge is -2.27. The number of ether oxygens (including phenoxy) is 3. The van der Waals surface area contributed by atoms with E-state index >= 15 is 0 Å². The first-order valence-corrected chi connectivity index (χ1v) is 13.5. The van der Waals surface area contributed by atoms with Crippen LogP contribution in [-0.2, 0) is 11.2 Å². The third-order valence-electron chi connectivity index (χ3n) is 7.57. The summed E-state index contributed by atoms with van der Waals surface area (Å²) in [7, 11) is 0. The van der Waals surface area contributed by atoms with Crippen LogP contribution in [0.15, 0.2) is 36.5 Å². The Kier molecular flexibility index (Phi) is 6.86. The lowest BCUT2D eigenvalue weighted by atomic mass is 10.0. The molecule has 8 nitrogen and oxygen atoms in total. The summed E-state index contributed by atoms with van der Waals surface area (Å²) in [5.41, 5.74) is 2.22. The van der Waals surface area contributed by atoms with Gasteiger partial charge in [-0.3, -0.25) is 4.79 Å². The smallest absolute Gasteiger partial charge is 0.225 e. The van der Waals surface area contributed by atoms with Crippen LogP contribution in [0, 0.1) is 5.92 Å². The molecule has 0 bridgehead atoms. The average Bonchev–Trinajstić information content (AvgIpc) is 3.33. The van der Waals surface area contributed by atoms with Crippen LogP contribution in [0.5, 0.6) is 17.4 Å². The fourth-order valence-corrected chi connectivity index (χ4v) is 5.45. The van der Waals surface area contributed by atoms with Crippen LogP contribution in [0.3, 0.4) is 0 Å². The lowest BCUT2D eigenvalue weighted by molar-refractivity contribution is -0.125. The number of rotatable bonds is 9. The molecule has 2 aromatic rings. The highest BCUT2D eigenvalue weighted by Gasteiger charge is 2.31. The van der Waals surface area contributed by atoms with Crippen molar-refractivity contribution in [3.8, 4) is 17.4 Å². The molecule has 1 amide bonds. The van der Waals surface area contributed by atoms with Gasteiger partial charge in [0.15, 0.2) is 11.5 Å². The molecule has 6 rings (SSSR count). The molecule has 1 aliphatic carbocycles. The van der Waals surface area contributed by atoms with Crippen LogP contribution >= 0.6 is 0 Å². The number of nitrogens with one attached hydrogen (secondary N) is 1. The molecule has 3 aliphatic heterocycles. The molecule has 1 N–H and O–H groups in total. The van der Waals surface area contributed by atoms with E-state index in [0.717, 1.165) is 81.2 Å². The van der Waals surface area contributed by atoms with E-state index in [9.17, 15) is 4.79 Å². The molecule has 4 aliphatic rings. The number of benzene rings is 1. The van der Waals surface area contributed by atoms with Crippen LogP contribution in [0.4, 0.5) is 5.69 Å². The quantitative estimate of drug-likeness (QED) is 0.577. The molecule has 1 saturated carbocycles. The first-order chi connectivity index (χ1) is 17.7. The van der Waals surface area contributed by atoms with Crippen molar-refractivity contribution >= 4 is 11.6 Å². The van der Waals surface area contributed by atoms with Crippen molar-refractivity contribution in [2.75, 3.05) is 50.8 Å². The Hall–Kier alpha value is -3.00. The highest BCUT2D eigenvalue weighted by molar-refractivity contribution is 5.80. The van der Waals surface area contributed by atoms with E-state index in [2.05, 4.69) is 38.3 Å². The van der Waals surface area contributed by atoms with E-state index in [-0.39, 0.29) is 17.9 Å². The summed E-state index contributed by atoms with van der Waals surface area (Å²) < 4.78 is 17.2. The van der Waals surface area contributed by atoms with Gasteiger partial charge >= 0.3 is 0 Å². The van der Waals surface area contributed by atoms with Gasteiger partial charge < -0.3 is 29.3 Å². The third kappa shape index (κ3) is 5.69. The summed E-state index contributed by atoms with van der Waals surface area (Å²) in [6.07, 6.45) is 8.57. The number of carbonyl (C=O) groups excluding carboxylic acids is 1. The monoisotopic (exact) mass is 492 g/mol. The Balaban J connectivity index is 1.08. The molecule has 1 aromatic carbocycles. The summed E-state index contributed by atoms with van der Waals surface area (Å²) in [5, 5.41) is 3.41. The summed E-state index contributed by atoms with van der Waals surface area (Å²) >= 11 is 0. The molecule has 3 fully saturated rings. The molecule has 36 heavy (non-hydrogen) atoms. The molecule has 0 spiro atoms. The van der Waals surface area contributed by atoms with Crippen LogP contribution < -0.4 is 24.4 Å². The zero-order chi connectivity index (χ0) is 24.3. The van der Waals surface area contributed by atoms with Gasteiger partial charge in [-0.1, -0.05) is 6.07 Å². The van der Waals surface area contributed by atoms with Crippen molar-refractivity contribution in [3.63, 3.8) is 0 Å². The van der Waals surface area contributed by atoms with Crippen LogP contribution in [0.25, 0.3) is 0 Å². The molecule has 8 heteroatoms. The van der Waals surface area contributed by atoms with E-state index in [1.807, 2.05) is 18.3 Å². The minimum atomic E-state index is -0.0197. The maximum atomic E-state index is 13.4. The molecule has 2 saturated heterocycles. The number of amides is 1. The summed E-state index contributed by atoms with van der Waals surface area (Å²) in [5.74, 6) is 2.43. The Morgan fingerprint density at radius 2 is 1.89 bits per heavy atom. The maximum Gasteiger partial charge on any atom is 0.225 e. The van der Waals surface area contributed by atoms with Crippen molar-refractivity contribution in [2.24, 2.45) is 5.92 Å². The number of nitrogens with zero attached hydrogens (tertiary/aromatic N) is 3. The Bertz CT molecular complexity index is 1050. The number of likely N-dealkylation sites (tertiary alicyclic amines) is 1. The van der Waals surface area contributed by atoms with Crippen molar-refractivity contribution in [1.82, 2.24) is 15.2 Å². The van der Waals surface area contributed by atoms with Gasteiger partial charge in [-0.25, -0.2) is 4.98 Å². The van der Waals surface area contributed by atoms with Gasteiger partial charge in [0, 0.05) is 31.7 Å². The van der Waals surface area contributed by atoms with E-state index < -0.39 is 0 Å². The average molecular weight is 493 g/mol. The van der Waals surface area contributed by atoms with Gasteiger partial charge in [0.05, 0.1) is 17.8 Å². The van der Waals surface area contributed by atoms with Gasteiger partial charge in [0.1, 0.15) is 19.3 Å². The normalized spacial score (nSPS) is 22.4. The van der Waals surface area contributed by atoms with Crippen LogP contribution in [-0.4, -0.2) is 73.9 Å². The molecule has 4 heterocycles. The second kappa shape index (κ2) is 10.5. The molecular weight excluding hydrogens is 456 g/mol. The largest absolute Gasteiger partial charge is 0.486 e.